The highest BCUT2D eigenvalue weighted by Gasteiger charge is 2.22. The van der Waals surface area contributed by atoms with Crippen LogP contribution in [0.15, 0.2) is 24.3 Å². The number of rotatable bonds is 2. The average molecular weight is 208 g/mol. The van der Waals surface area contributed by atoms with E-state index in [9.17, 15) is 9.18 Å². The summed E-state index contributed by atoms with van der Waals surface area (Å²) in [5.41, 5.74) is 0.474. The molecular formula is C12H13FO2. The standard InChI is InChI=1S/C12H13FO2/c13-11-3-1-2-10(8-11)12(14)9-4-6-15-7-5-9/h1-3,8-9H,4-7H2. The maximum absolute atomic E-state index is 12.9. The molecule has 0 saturated carbocycles. The molecule has 0 atom stereocenters. The lowest BCUT2D eigenvalue weighted by molar-refractivity contribution is 0.0544. The van der Waals surface area contributed by atoms with E-state index in [1.54, 1.807) is 12.1 Å². The first kappa shape index (κ1) is 10.3. The summed E-state index contributed by atoms with van der Waals surface area (Å²) in [4.78, 5) is 11.9. The third-order valence-electron chi connectivity index (χ3n) is 2.70. The molecule has 1 aromatic rings. The highest BCUT2D eigenvalue weighted by Crippen LogP contribution is 2.20. The molecule has 1 fully saturated rings. The fourth-order valence-corrected chi connectivity index (χ4v) is 1.84. The minimum absolute atomic E-state index is 0.000509. The van der Waals surface area contributed by atoms with Crippen molar-refractivity contribution in [2.75, 3.05) is 13.2 Å². The maximum atomic E-state index is 12.9. The van der Waals surface area contributed by atoms with Crippen LogP contribution in [0.3, 0.4) is 0 Å². The van der Waals surface area contributed by atoms with Crippen LogP contribution >= 0.6 is 0 Å². The summed E-state index contributed by atoms with van der Waals surface area (Å²) < 4.78 is 18.1. The topological polar surface area (TPSA) is 26.3 Å². The van der Waals surface area contributed by atoms with Crippen molar-refractivity contribution in [1.29, 1.82) is 0 Å². The summed E-state index contributed by atoms with van der Waals surface area (Å²) in [5, 5.41) is 0. The van der Waals surface area contributed by atoms with Gasteiger partial charge in [0, 0.05) is 24.7 Å². The molecule has 0 amide bonds. The molecule has 15 heavy (non-hydrogen) atoms. The van der Waals surface area contributed by atoms with Gasteiger partial charge >= 0.3 is 0 Å². The second-order valence-electron chi connectivity index (χ2n) is 3.76. The number of ketones is 1. The van der Waals surface area contributed by atoms with Crippen molar-refractivity contribution in [2.24, 2.45) is 5.92 Å². The molecule has 1 aliphatic rings. The van der Waals surface area contributed by atoms with Gasteiger partial charge in [0.1, 0.15) is 5.82 Å². The van der Waals surface area contributed by atoms with Crippen molar-refractivity contribution in [3.8, 4) is 0 Å². The van der Waals surface area contributed by atoms with Gasteiger partial charge in [-0.3, -0.25) is 4.79 Å². The Hall–Kier alpha value is -1.22. The van der Waals surface area contributed by atoms with E-state index in [1.165, 1.54) is 12.1 Å². The molecule has 2 rings (SSSR count). The van der Waals surface area contributed by atoms with Crippen molar-refractivity contribution >= 4 is 5.78 Å². The second kappa shape index (κ2) is 4.53. The molecule has 1 heterocycles. The van der Waals surface area contributed by atoms with Crippen molar-refractivity contribution < 1.29 is 13.9 Å². The second-order valence-corrected chi connectivity index (χ2v) is 3.76. The molecule has 2 nitrogen and oxygen atoms in total. The third kappa shape index (κ3) is 2.42. The number of ether oxygens (including phenoxy) is 1. The van der Waals surface area contributed by atoms with Crippen molar-refractivity contribution in [1.82, 2.24) is 0 Å². The van der Waals surface area contributed by atoms with Crippen LogP contribution in [0.4, 0.5) is 4.39 Å². The summed E-state index contributed by atoms with van der Waals surface area (Å²) in [7, 11) is 0. The van der Waals surface area contributed by atoms with Crippen LogP contribution in [-0.4, -0.2) is 19.0 Å². The molecule has 0 radical (unpaired) electrons. The van der Waals surface area contributed by atoms with Crippen molar-refractivity contribution in [3.63, 3.8) is 0 Å². The number of Topliss-reactive ketones (excluding diaryl/α,β-unsaturated/α-hetero) is 1. The summed E-state index contributed by atoms with van der Waals surface area (Å²) in [5.74, 6) is -0.314. The van der Waals surface area contributed by atoms with Crippen molar-refractivity contribution in [3.05, 3.63) is 35.6 Å². The first-order valence-electron chi connectivity index (χ1n) is 5.15. The number of hydrogen-bond donors (Lipinski definition) is 0. The van der Waals surface area contributed by atoms with Crippen LogP contribution in [0.1, 0.15) is 23.2 Å². The Labute approximate surface area is 88.1 Å². The lowest BCUT2D eigenvalue weighted by atomic mass is 9.91. The number of hydrogen-bond acceptors (Lipinski definition) is 2. The number of benzene rings is 1. The zero-order valence-electron chi connectivity index (χ0n) is 8.41. The van der Waals surface area contributed by atoms with Gasteiger partial charge in [-0.15, -0.1) is 0 Å². The van der Waals surface area contributed by atoms with Gasteiger partial charge in [-0.05, 0) is 25.0 Å². The molecule has 1 aromatic carbocycles. The summed E-state index contributed by atoms with van der Waals surface area (Å²) in [6, 6.07) is 5.89. The molecule has 80 valence electrons. The van der Waals surface area contributed by atoms with Gasteiger partial charge in [0.15, 0.2) is 5.78 Å². The molecule has 0 aliphatic carbocycles. The van der Waals surface area contributed by atoms with Gasteiger partial charge in [0.25, 0.3) is 0 Å². The molecule has 0 N–H and O–H groups in total. The SMILES string of the molecule is O=C(c1cccc(F)c1)C1CCOCC1. The van der Waals surface area contributed by atoms with Gasteiger partial charge in [0.2, 0.25) is 0 Å². The molecule has 0 unspecified atom stereocenters. The molecule has 1 saturated heterocycles. The number of halogens is 1. The number of carbonyl (C=O) groups excluding carboxylic acids is 1. The first-order chi connectivity index (χ1) is 7.27. The monoisotopic (exact) mass is 208 g/mol. The van der Waals surface area contributed by atoms with Crippen LogP contribution in [0.5, 0.6) is 0 Å². The minimum atomic E-state index is -0.354. The van der Waals surface area contributed by atoms with Gasteiger partial charge in [-0.2, -0.15) is 0 Å². The van der Waals surface area contributed by atoms with E-state index in [-0.39, 0.29) is 17.5 Å². The smallest absolute Gasteiger partial charge is 0.166 e. The Kier molecular flexibility index (Phi) is 3.11. The highest BCUT2D eigenvalue weighted by atomic mass is 19.1. The molecular weight excluding hydrogens is 195 g/mol. The fourth-order valence-electron chi connectivity index (χ4n) is 1.84. The Balaban J connectivity index is 2.12. The first-order valence-corrected chi connectivity index (χ1v) is 5.15. The maximum Gasteiger partial charge on any atom is 0.166 e. The van der Waals surface area contributed by atoms with Gasteiger partial charge in [-0.25, -0.2) is 4.39 Å². The quantitative estimate of drug-likeness (QED) is 0.698. The zero-order chi connectivity index (χ0) is 10.7. The third-order valence-corrected chi connectivity index (χ3v) is 2.70. The van der Waals surface area contributed by atoms with Gasteiger partial charge < -0.3 is 4.74 Å². The molecule has 0 spiro atoms. The van der Waals surface area contributed by atoms with Crippen molar-refractivity contribution in [2.45, 2.75) is 12.8 Å². The molecule has 3 heteroatoms. The van der Waals surface area contributed by atoms with Crippen LogP contribution in [-0.2, 0) is 4.74 Å². The Morgan fingerprint density at radius 2 is 2.07 bits per heavy atom. The van der Waals surface area contributed by atoms with E-state index in [0.29, 0.717) is 18.8 Å². The largest absolute Gasteiger partial charge is 0.381 e. The Morgan fingerprint density at radius 3 is 2.73 bits per heavy atom. The van der Waals surface area contributed by atoms with E-state index >= 15 is 0 Å². The summed E-state index contributed by atoms with van der Waals surface area (Å²) >= 11 is 0. The lowest BCUT2D eigenvalue weighted by Crippen LogP contribution is -2.23. The van der Waals surface area contributed by atoms with E-state index < -0.39 is 0 Å². The van der Waals surface area contributed by atoms with E-state index in [1.807, 2.05) is 0 Å². The Morgan fingerprint density at radius 1 is 1.33 bits per heavy atom. The van der Waals surface area contributed by atoms with Gasteiger partial charge in [-0.1, -0.05) is 12.1 Å². The fraction of sp³-hybridized carbons (Fsp3) is 0.417. The van der Waals surface area contributed by atoms with E-state index in [2.05, 4.69) is 0 Å². The van der Waals surface area contributed by atoms with E-state index in [4.69, 9.17) is 4.74 Å². The summed E-state index contributed by atoms with van der Waals surface area (Å²) in [6.07, 6.45) is 1.49. The van der Waals surface area contributed by atoms with Crippen LogP contribution in [0, 0.1) is 11.7 Å². The molecule has 0 bridgehead atoms. The zero-order valence-corrected chi connectivity index (χ0v) is 8.41. The van der Waals surface area contributed by atoms with Crippen LogP contribution in [0.25, 0.3) is 0 Å². The normalized spacial score (nSPS) is 17.7. The molecule has 1 aliphatic heterocycles. The molecule has 0 aromatic heterocycles. The lowest BCUT2D eigenvalue weighted by Gasteiger charge is -2.20. The van der Waals surface area contributed by atoms with Crippen LogP contribution in [0.2, 0.25) is 0 Å². The van der Waals surface area contributed by atoms with Gasteiger partial charge in [0.05, 0.1) is 0 Å². The predicted octanol–water partition coefficient (Wildman–Crippen LogP) is 2.44. The minimum Gasteiger partial charge on any atom is -0.381 e. The Bertz CT molecular complexity index is 356. The summed E-state index contributed by atoms with van der Waals surface area (Å²) in [6.45, 7) is 1.26. The highest BCUT2D eigenvalue weighted by molar-refractivity contribution is 5.97. The van der Waals surface area contributed by atoms with E-state index in [0.717, 1.165) is 12.8 Å². The number of carbonyl (C=O) groups is 1. The van der Waals surface area contributed by atoms with Crippen LogP contribution < -0.4 is 0 Å². The predicted molar refractivity (Wildman–Crippen MR) is 54.3 cm³/mol. The average Bonchev–Trinajstić information content (AvgIpc) is 2.29.